The molecule has 94 valence electrons. The Balaban J connectivity index is 2.52. The Labute approximate surface area is 115 Å². The van der Waals surface area contributed by atoms with Crippen molar-refractivity contribution in [2.75, 3.05) is 18.4 Å². The van der Waals surface area contributed by atoms with Gasteiger partial charge in [-0.15, -0.1) is 0 Å². The zero-order valence-corrected chi connectivity index (χ0v) is 11.5. The molecule has 0 atom stereocenters. The second kappa shape index (κ2) is 6.89. The number of amides is 1. The summed E-state index contributed by atoms with van der Waals surface area (Å²) in [6, 6.07) is 1.51. The normalized spacial score (nSPS) is 10.1. The summed E-state index contributed by atoms with van der Waals surface area (Å²) < 4.78 is 0. The number of carbonyl (C=O) groups is 1. The van der Waals surface area contributed by atoms with Crippen LogP contribution >= 0.6 is 34.8 Å². The Morgan fingerprint density at radius 1 is 1.35 bits per heavy atom. The van der Waals surface area contributed by atoms with E-state index in [1.165, 1.54) is 6.07 Å². The van der Waals surface area contributed by atoms with E-state index in [1.54, 1.807) is 0 Å². The van der Waals surface area contributed by atoms with Crippen molar-refractivity contribution in [1.29, 1.82) is 0 Å². The molecule has 0 aromatic carbocycles. The van der Waals surface area contributed by atoms with E-state index in [4.69, 9.17) is 34.8 Å². The summed E-state index contributed by atoms with van der Waals surface area (Å²) in [4.78, 5) is 15.2. The fourth-order valence-electron chi connectivity index (χ4n) is 1.15. The summed E-state index contributed by atoms with van der Waals surface area (Å²) >= 11 is 17.4. The van der Waals surface area contributed by atoms with Gasteiger partial charge in [0.2, 0.25) is 5.91 Å². The second-order valence-corrected chi connectivity index (χ2v) is 4.39. The number of aromatic nitrogens is 1. The third-order valence-corrected chi connectivity index (χ3v) is 2.87. The number of hydrogen-bond acceptors (Lipinski definition) is 3. The first kappa shape index (κ1) is 14.4. The van der Waals surface area contributed by atoms with Crippen LogP contribution < -0.4 is 10.6 Å². The van der Waals surface area contributed by atoms with E-state index in [-0.39, 0.29) is 11.1 Å². The molecule has 0 spiro atoms. The Kier molecular flexibility index (Phi) is 5.82. The maximum atomic E-state index is 11.2. The average Bonchev–Trinajstić information content (AvgIpc) is 2.26. The molecule has 0 bridgehead atoms. The number of pyridine rings is 1. The van der Waals surface area contributed by atoms with Crippen LogP contribution in [-0.4, -0.2) is 24.0 Å². The minimum Gasteiger partial charge on any atom is -0.368 e. The van der Waals surface area contributed by atoms with Gasteiger partial charge in [-0.25, -0.2) is 4.98 Å². The summed E-state index contributed by atoms with van der Waals surface area (Å²) in [6.07, 6.45) is 0.339. The SMILES string of the molecule is CCNC(=O)CCNc1nc(Cl)c(Cl)cc1Cl. The van der Waals surface area contributed by atoms with Gasteiger partial charge >= 0.3 is 0 Å². The lowest BCUT2D eigenvalue weighted by molar-refractivity contribution is -0.120. The largest absolute Gasteiger partial charge is 0.368 e. The van der Waals surface area contributed by atoms with Gasteiger partial charge in [-0.05, 0) is 13.0 Å². The van der Waals surface area contributed by atoms with Gasteiger partial charge in [0.05, 0.1) is 10.0 Å². The molecule has 1 amide bonds. The molecule has 0 aliphatic carbocycles. The Morgan fingerprint density at radius 3 is 2.71 bits per heavy atom. The molecular weight excluding hydrogens is 284 g/mol. The van der Waals surface area contributed by atoms with Crippen LogP contribution in [0.15, 0.2) is 6.07 Å². The first-order chi connectivity index (χ1) is 8.04. The molecule has 1 aromatic rings. The second-order valence-electron chi connectivity index (χ2n) is 3.22. The van der Waals surface area contributed by atoms with Crippen LogP contribution in [0.1, 0.15) is 13.3 Å². The number of halogens is 3. The number of nitrogens with one attached hydrogen (secondary N) is 2. The predicted molar refractivity (Wildman–Crippen MR) is 71.1 cm³/mol. The number of hydrogen-bond donors (Lipinski definition) is 2. The van der Waals surface area contributed by atoms with Gasteiger partial charge in [0, 0.05) is 19.5 Å². The summed E-state index contributed by atoms with van der Waals surface area (Å²) in [7, 11) is 0. The molecule has 17 heavy (non-hydrogen) atoms. The Bertz CT molecular complexity index is 412. The highest BCUT2D eigenvalue weighted by molar-refractivity contribution is 6.42. The summed E-state index contributed by atoms with van der Waals surface area (Å²) in [5, 5.41) is 6.46. The Hall–Kier alpha value is -0.710. The van der Waals surface area contributed by atoms with Gasteiger partial charge < -0.3 is 10.6 Å². The van der Waals surface area contributed by atoms with E-state index in [0.717, 1.165) is 0 Å². The van der Waals surface area contributed by atoms with Gasteiger partial charge in [-0.2, -0.15) is 0 Å². The van der Waals surface area contributed by atoms with E-state index in [0.29, 0.717) is 35.4 Å². The molecule has 7 heteroatoms. The van der Waals surface area contributed by atoms with Gasteiger partial charge in [0.15, 0.2) is 0 Å². The minimum atomic E-state index is -0.0313. The van der Waals surface area contributed by atoms with Crippen molar-refractivity contribution in [2.24, 2.45) is 0 Å². The molecule has 0 radical (unpaired) electrons. The van der Waals surface area contributed by atoms with Crippen molar-refractivity contribution < 1.29 is 4.79 Å². The zero-order chi connectivity index (χ0) is 12.8. The smallest absolute Gasteiger partial charge is 0.221 e. The predicted octanol–water partition coefficient (Wildman–Crippen LogP) is 2.98. The molecule has 1 aromatic heterocycles. The number of rotatable bonds is 5. The summed E-state index contributed by atoms with van der Waals surface area (Å²) in [6.45, 7) is 2.91. The van der Waals surface area contributed by atoms with Gasteiger partial charge in [-0.3, -0.25) is 4.79 Å². The van der Waals surface area contributed by atoms with Crippen LogP contribution in [0.3, 0.4) is 0 Å². The highest BCUT2D eigenvalue weighted by Gasteiger charge is 2.07. The van der Waals surface area contributed by atoms with E-state index in [2.05, 4.69) is 15.6 Å². The fraction of sp³-hybridized carbons (Fsp3) is 0.400. The molecule has 0 fully saturated rings. The number of carbonyl (C=O) groups excluding carboxylic acids is 1. The lowest BCUT2D eigenvalue weighted by atomic mass is 10.4. The van der Waals surface area contributed by atoms with Gasteiger partial charge in [0.1, 0.15) is 11.0 Å². The fourth-order valence-corrected chi connectivity index (χ4v) is 1.71. The average molecular weight is 297 g/mol. The van der Waals surface area contributed by atoms with Crippen molar-refractivity contribution in [3.8, 4) is 0 Å². The topological polar surface area (TPSA) is 54.0 Å². The highest BCUT2D eigenvalue weighted by atomic mass is 35.5. The third-order valence-electron chi connectivity index (χ3n) is 1.91. The molecular formula is C10H12Cl3N3O. The van der Waals surface area contributed by atoms with Gasteiger partial charge in [0.25, 0.3) is 0 Å². The third kappa shape index (κ3) is 4.58. The number of anilines is 1. The minimum absolute atomic E-state index is 0.0313. The maximum absolute atomic E-state index is 11.2. The molecule has 1 heterocycles. The lowest BCUT2D eigenvalue weighted by Crippen LogP contribution is -2.24. The molecule has 0 saturated heterocycles. The van der Waals surface area contributed by atoms with Crippen molar-refractivity contribution >= 4 is 46.5 Å². The lowest BCUT2D eigenvalue weighted by Gasteiger charge is -2.08. The van der Waals surface area contributed by atoms with E-state index >= 15 is 0 Å². The summed E-state index contributed by atoms with van der Waals surface area (Å²) in [5.41, 5.74) is 0. The molecule has 2 N–H and O–H groups in total. The van der Waals surface area contributed by atoms with Crippen molar-refractivity contribution in [3.63, 3.8) is 0 Å². The first-order valence-electron chi connectivity index (χ1n) is 5.06. The monoisotopic (exact) mass is 295 g/mol. The Morgan fingerprint density at radius 2 is 2.06 bits per heavy atom. The molecule has 4 nitrogen and oxygen atoms in total. The first-order valence-corrected chi connectivity index (χ1v) is 6.20. The molecule has 0 aliphatic heterocycles. The van der Waals surface area contributed by atoms with Gasteiger partial charge in [-0.1, -0.05) is 34.8 Å². The quantitative estimate of drug-likeness (QED) is 0.821. The van der Waals surface area contributed by atoms with Crippen LogP contribution in [0.4, 0.5) is 5.82 Å². The van der Waals surface area contributed by atoms with Crippen LogP contribution in [0.25, 0.3) is 0 Å². The zero-order valence-electron chi connectivity index (χ0n) is 9.19. The highest BCUT2D eigenvalue weighted by Crippen LogP contribution is 2.28. The maximum Gasteiger partial charge on any atom is 0.221 e. The van der Waals surface area contributed by atoms with Crippen LogP contribution in [0.5, 0.6) is 0 Å². The van der Waals surface area contributed by atoms with E-state index in [9.17, 15) is 4.79 Å². The van der Waals surface area contributed by atoms with Crippen molar-refractivity contribution in [3.05, 3.63) is 21.3 Å². The van der Waals surface area contributed by atoms with Crippen LogP contribution in [0.2, 0.25) is 15.2 Å². The van der Waals surface area contributed by atoms with Crippen molar-refractivity contribution in [1.82, 2.24) is 10.3 Å². The number of nitrogens with zero attached hydrogens (tertiary/aromatic N) is 1. The molecule has 1 rings (SSSR count). The molecule has 0 aliphatic rings. The van der Waals surface area contributed by atoms with Crippen molar-refractivity contribution in [2.45, 2.75) is 13.3 Å². The molecule has 0 saturated carbocycles. The summed E-state index contributed by atoms with van der Waals surface area (Å²) in [5.74, 6) is 0.390. The van der Waals surface area contributed by atoms with E-state index in [1.807, 2.05) is 6.92 Å². The molecule has 0 unspecified atom stereocenters. The van der Waals surface area contributed by atoms with E-state index < -0.39 is 0 Å². The standard InChI is InChI=1S/C10H12Cl3N3O/c1-2-14-8(17)3-4-15-10-7(12)5-6(11)9(13)16-10/h5H,2-4H2,1H3,(H,14,17)(H,15,16). The van der Waals surface area contributed by atoms with Crippen LogP contribution in [0, 0.1) is 0 Å². The van der Waals surface area contributed by atoms with Crippen LogP contribution in [-0.2, 0) is 4.79 Å².